The van der Waals surface area contributed by atoms with E-state index in [-0.39, 0.29) is 12.5 Å². The summed E-state index contributed by atoms with van der Waals surface area (Å²) in [5, 5.41) is 11.9. The lowest BCUT2D eigenvalue weighted by molar-refractivity contribution is -0.118. The van der Waals surface area contributed by atoms with Crippen molar-refractivity contribution in [3.63, 3.8) is 0 Å². The van der Waals surface area contributed by atoms with Gasteiger partial charge in [0.2, 0.25) is 5.91 Å². The number of furan rings is 1. The Kier molecular flexibility index (Phi) is 4.96. The molecule has 2 N–H and O–H groups in total. The van der Waals surface area contributed by atoms with E-state index < -0.39 is 5.54 Å². The van der Waals surface area contributed by atoms with E-state index >= 15 is 0 Å². The van der Waals surface area contributed by atoms with Crippen molar-refractivity contribution in [1.29, 1.82) is 0 Å². The molecule has 4 nitrogen and oxygen atoms in total. The summed E-state index contributed by atoms with van der Waals surface area (Å²) in [4.78, 5) is 11.6. The average Bonchev–Trinajstić information content (AvgIpc) is 2.72. The minimum absolute atomic E-state index is 0.0879. The van der Waals surface area contributed by atoms with Crippen LogP contribution in [0.15, 0.2) is 27.3 Å². The average molecular weight is 302 g/mol. The lowest BCUT2D eigenvalue weighted by Gasteiger charge is -2.26. The number of hydrogen-bond donors (Lipinski definition) is 2. The molecule has 1 aromatic rings. The predicted molar refractivity (Wildman–Crippen MR) is 69.4 cm³/mol. The molecule has 0 fully saturated rings. The van der Waals surface area contributed by atoms with Crippen LogP contribution in [0.3, 0.4) is 0 Å². The third-order valence-corrected chi connectivity index (χ3v) is 2.97. The van der Waals surface area contributed by atoms with Crippen molar-refractivity contribution >= 4 is 27.9 Å². The first-order valence-corrected chi connectivity index (χ1v) is 6.15. The molecule has 0 saturated carbocycles. The minimum Gasteiger partial charge on any atom is -0.450 e. The van der Waals surface area contributed by atoms with E-state index in [0.717, 1.165) is 0 Å². The number of carbonyl (C=O) groups excluding carboxylic acids is 1. The third-order valence-electron chi connectivity index (χ3n) is 2.55. The molecule has 1 amide bonds. The van der Waals surface area contributed by atoms with Crippen LogP contribution in [-0.4, -0.2) is 23.2 Å². The molecule has 0 radical (unpaired) electrons. The first-order valence-electron chi connectivity index (χ1n) is 5.35. The number of amides is 1. The fourth-order valence-electron chi connectivity index (χ4n) is 1.15. The molecule has 1 heterocycles. The van der Waals surface area contributed by atoms with E-state index in [0.29, 0.717) is 16.9 Å². The van der Waals surface area contributed by atoms with Crippen molar-refractivity contribution < 1.29 is 14.3 Å². The highest BCUT2D eigenvalue weighted by Gasteiger charge is 2.21. The van der Waals surface area contributed by atoms with Gasteiger partial charge in [-0.25, -0.2) is 0 Å². The summed E-state index contributed by atoms with van der Waals surface area (Å²) < 4.78 is 5.83. The molecule has 17 heavy (non-hydrogen) atoms. The normalized spacial score (nSPS) is 14.8. The summed E-state index contributed by atoms with van der Waals surface area (Å²) in [5.41, 5.74) is -0.578. The van der Waals surface area contributed by atoms with Crippen molar-refractivity contribution in [3.8, 4) is 0 Å². The number of aliphatic hydroxyl groups is 1. The van der Waals surface area contributed by atoms with Gasteiger partial charge in [0.15, 0.2) is 4.67 Å². The van der Waals surface area contributed by atoms with Gasteiger partial charge in [-0.3, -0.25) is 4.79 Å². The van der Waals surface area contributed by atoms with Gasteiger partial charge in [-0.2, -0.15) is 0 Å². The summed E-state index contributed by atoms with van der Waals surface area (Å²) in [6, 6.07) is 3.50. The molecular formula is C12H16BrNO3. The van der Waals surface area contributed by atoms with Gasteiger partial charge in [0.25, 0.3) is 0 Å². The van der Waals surface area contributed by atoms with Crippen LogP contribution in [0.2, 0.25) is 0 Å². The highest BCUT2D eigenvalue weighted by Crippen LogP contribution is 2.15. The van der Waals surface area contributed by atoms with E-state index in [2.05, 4.69) is 21.2 Å². The van der Waals surface area contributed by atoms with E-state index in [1.165, 1.54) is 6.08 Å². The maximum Gasteiger partial charge on any atom is 0.244 e. The van der Waals surface area contributed by atoms with E-state index in [4.69, 9.17) is 9.52 Å². The predicted octanol–water partition coefficient (Wildman–Crippen LogP) is 2.33. The standard InChI is InChI=1S/C12H16BrNO3/c1-3-12(2,8-15)14-11(16)7-5-9-4-6-10(13)17-9/h4-7,15H,3,8H2,1-2H3,(H,14,16). The quantitative estimate of drug-likeness (QED) is 0.821. The topological polar surface area (TPSA) is 62.5 Å². The molecule has 0 aliphatic carbocycles. The zero-order chi connectivity index (χ0) is 12.9. The Labute approximate surface area is 109 Å². The smallest absolute Gasteiger partial charge is 0.244 e. The van der Waals surface area contributed by atoms with Crippen molar-refractivity contribution in [1.82, 2.24) is 5.32 Å². The van der Waals surface area contributed by atoms with Gasteiger partial charge in [-0.1, -0.05) is 6.92 Å². The fraction of sp³-hybridized carbons (Fsp3) is 0.417. The number of halogens is 1. The number of nitrogens with one attached hydrogen (secondary N) is 1. The second kappa shape index (κ2) is 6.02. The zero-order valence-corrected chi connectivity index (χ0v) is 11.5. The Morgan fingerprint density at radius 2 is 2.35 bits per heavy atom. The molecule has 0 aliphatic rings. The summed E-state index contributed by atoms with van der Waals surface area (Å²) >= 11 is 3.18. The first-order chi connectivity index (χ1) is 7.99. The Morgan fingerprint density at radius 1 is 1.65 bits per heavy atom. The molecule has 0 aliphatic heterocycles. The van der Waals surface area contributed by atoms with Gasteiger partial charge < -0.3 is 14.8 Å². The van der Waals surface area contributed by atoms with Crippen molar-refractivity contribution in [2.45, 2.75) is 25.8 Å². The molecule has 1 aromatic heterocycles. The molecule has 0 spiro atoms. The van der Waals surface area contributed by atoms with Crippen LogP contribution in [0.4, 0.5) is 0 Å². The van der Waals surface area contributed by atoms with Gasteiger partial charge in [0.05, 0.1) is 12.1 Å². The Balaban J connectivity index is 2.58. The summed E-state index contributed by atoms with van der Waals surface area (Å²) in [5.74, 6) is 0.338. The second-order valence-electron chi connectivity index (χ2n) is 4.04. The third kappa shape index (κ3) is 4.36. The largest absolute Gasteiger partial charge is 0.450 e. The lowest BCUT2D eigenvalue weighted by Crippen LogP contribution is -2.47. The number of rotatable bonds is 5. The first kappa shape index (κ1) is 14.0. The highest BCUT2D eigenvalue weighted by molar-refractivity contribution is 9.10. The molecule has 1 rings (SSSR count). The van der Waals surface area contributed by atoms with Crippen LogP contribution in [0.5, 0.6) is 0 Å². The number of hydrogen-bond acceptors (Lipinski definition) is 3. The minimum atomic E-state index is -0.578. The van der Waals surface area contributed by atoms with E-state index in [1.807, 2.05) is 6.92 Å². The number of aliphatic hydroxyl groups excluding tert-OH is 1. The maximum absolute atomic E-state index is 11.6. The zero-order valence-electron chi connectivity index (χ0n) is 9.87. The summed E-state index contributed by atoms with van der Waals surface area (Å²) in [6.45, 7) is 3.61. The van der Waals surface area contributed by atoms with Crippen LogP contribution in [0, 0.1) is 0 Å². The van der Waals surface area contributed by atoms with Crippen LogP contribution in [-0.2, 0) is 4.79 Å². The molecule has 94 valence electrons. The summed E-state index contributed by atoms with van der Waals surface area (Å²) in [7, 11) is 0. The van der Waals surface area contributed by atoms with Gasteiger partial charge in [0, 0.05) is 6.08 Å². The van der Waals surface area contributed by atoms with Crippen LogP contribution < -0.4 is 5.32 Å². The van der Waals surface area contributed by atoms with Crippen LogP contribution in [0.25, 0.3) is 6.08 Å². The molecule has 5 heteroatoms. The van der Waals surface area contributed by atoms with Crippen LogP contribution >= 0.6 is 15.9 Å². The molecular weight excluding hydrogens is 286 g/mol. The lowest BCUT2D eigenvalue weighted by atomic mass is 10.0. The SMILES string of the molecule is CCC(C)(CO)NC(=O)C=Cc1ccc(Br)o1. The monoisotopic (exact) mass is 301 g/mol. The van der Waals surface area contributed by atoms with Crippen molar-refractivity contribution in [2.24, 2.45) is 0 Å². The van der Waals surface area contributed by atoms with Crippen molar-refractivity contribution in [2.75, 3.05) is 6.61 Å². The van der Waals surface area contributed by atoms with Gasteiger partial charge in [-0.15, -0.1) is 0 Å². The van der Waals surface area contributed by atoms with Gasteiger partial charge in [-0.05, 0) is 47.5 Å². The van der Waals surface area contributed by atoms with Crippen LogP contribution in [0.1, 0.15) is 26.0 Å². The second-order valence-corrected chi connectivity index (χ2v) is 4.82. The van der Waals surface area contributed by atoms with E-state index in [9.17, 15) is 4.79 Å². The number of carbonyl (C=O) groups is 1. The fourth-order valence-corrected chi connectivity index (χ4v) is 1.47. The Hall–Kier alpha value is -1.07. The van der Waals surface area contributed by atoms with Crippen molar-refractivity contribution in [3.05, 3.63) is 28.6 Å². The Morgan fingerprint density at radius 3 is 2.82 bits per heavy atom. The van der Waals surface area contributed by atoms with E-state index in [1.54, 1.807) is 25.1 Å². The molecule has 1 unspecified atom stereocenters. The molecule has 0 saturated heterocycles. The molecule has 1 atom stereocenters. The Bertz CT molecular complexity index is 408. The highest BCUT2D eigenvalue weighted by atomic mass is 79.9. The maximum atomic E-state index is 11.6. The van der Waals surface area contributed by atoms with Gasteiger partial charge in [0.1, 0.15) is 5.76 Å². The van der Waals surface area contributed by atoms with Gasteiger partial charge >= 0.3 is 0 Å². The summed E-state index contributed by atoms with van der Waals surface area (Å²) in [6.07, 6.45) is 3.62. The molecule has 0 aromatic carbocycles. The molecule has 0 bridgehead atoms.